The van der Waals surface area contributed by atoms with Crippen LogP contribution in [-0.4, -0.2) is 14.4 Å². The number of benzene rings is 1. The fourth-order valence-electron chi connectivity index (χ4n) is 1.60. The molecule has 0 aliphatic rings. The van der Waals surface area contributed by atoms with Crippen LogP contribution >= 0.6 is 0 Å². The highest BCUT2D eigenvalue weighted by Crippen LogP contribution is 2.24. The Morgan fingerprint density at radius 3 is 2.21 bits per heavy atom. The summed E-state index contributed by atoms with van der Waals surface area (Å²) in [4.78, 5) is 11.0. The molecule has 76 valence electrons. The lowest BCUT2D eigenvalue weighted by Gasteiger charge is -2.20. The first-order valence-electron chi connectivity index (χ1n) is 5.03. The number of carbonyl (C=O) groups excluding carboxylic acids is 1. The maximum atomic E-state index is 11.0. The van der Waals surface area contributed by atoms with Gasteiger partial charge in [0.1, 0.15) is 6.29 Å². The predicted octanol–water partition coefficient (Wildman–Crippen LogP) is 3.31. The van der Waals surface area contributed by atoms with Crippen LogP contribution in [0.15, 0.2) is 30.3 Å². The van der Waals surface area contributed by atoms with Crippen LogP contribution in [-0.2, 0) is 4.79 Å². The largest absolute Gasteiger partial charge is 0.303 e. The Balaban J connectivity index is 2.78. The van der Waals surface area contributed by atoms with E-state index in [0.717, 1.165) is 17.9 Å². The molecule has 0 saturated heterocycles. The maximum Gasteiger partial charge on any atom is 0.127 e. The van der Waals surface area contributed by atoms with Crippen LogP contribution in [0.3, 0.4) is 0 Å². The van der Waals surface area contributed by atoms with Gasteiger partial charge in [-0.3, -0.25) is 0 Å². The van der Waals surface area contributed by atoms with Gasteiger partial charge in [-0.25, -0.2) is 0 Å². The second kappa shape index (κ2) is 4.56. The normalized spacial score (nSPS) is 13.6. The van der Waals surface area contributed by atoms with Gasteiger partial charge in [0.15, 0.2) is 0 Å². The molecular weight excluding hydrogens is 188 g/mol. The van der Waals surface area contributed by atoms with Gasteiger partial charge in [-0.1, -0.05) is 50.0 Å². The van der Waals surface area contributed by atoms with Crippen molar-refractivity contribution in [3.05, 3.63) is 35.9 Å². The van der Waals surface area contributed by atoms with E-state index < -0.39 is 8.07 Å². The lowest BCUT2D eigenvalue weighted by atomic mass is 10.0. The Kier molecular flexibility index (Phi) is 3.64. The third-order valence-corrected chi connectivity index (χ3v) is 3.89. The molecule has 1 atom stereocenters. The van der Waals surface area contributed by atoms with Crippen molar-refractivity contribution in [1.29, 1.82) is 0 Å². The summed E-state index contributed by atoms with van der Waals surface area (Å²) in [6, 6.07) is 11.1. The van der Waals surface area contributed by atoms with E-state index in [-0.39, 0.29) is 5.92 Å². The molecule has 0 amide bonds. The Morgan fingerprint density at radius 1 is 1.21 bits per heavy atom. The van der Waals surface area contributed by atoms with E-state index >= 15 is 0 Å². The molecule has 0 spiro atoms. The average Bonchev–Trinajstić information content (AvgIpc) is 2.14. The molecule has 0 aliphatic heterocycles. The molecule has 14 heavy (non-hydrogen) atoms. The van der Waals surface area contributed by atoms with Crippen LogP contribution in [0, 0.1) is 0 Å². The van der Waals surface area contributed by atoms with E-state index in [0.29, 0.717) is 0 Å². The van der Waals surface area contributed by atoms with Crippen molar-refractivity contribution in [1.82, 2.24) is 0 Å². The minimum Gasteiger partial charge on any atom is -0.303 e. The molecule has 0 aliphatic carbocycles. The molecule has 0 radical (unpaired) electrons. The van der Waals surface area contributed by atoms with Crippen LogP contribution in [0.4, 0.5) is 0 Å². The Hall–Kier alpha value is -0.893. The standard InChI is InChI=1S/C12H18OSi/c1-14(2,3)10-12(9-13)11-7-5-4-6-8-11/h4-9,12H,10H2,1-3H3. The van der Waals surface area contributed by atoms with Gasteiger partial charge in [0, 0.05) is 14.0 Å². The summed E-state index contributed by atoms with van der Waals surface area (Å²) in [6.07, 6.45) is 1.09. The lowest BCUT2D eigenvalue weighted by Crippen LogP contribution is -2.23. The van der Waals surface area contributed by atoms with Crippen molar-refractivity contribution in [3.8, 4) is 0 Å². The van der Waals surface area contributed by atoms with Crippen LogP contribution in [0.25, 0.3) is 0 Å². The van der Waals surface area contributed by atoms with Crippen molar-refractivity contribution in [2.75, 3.05) is 0 Å². The number of hydrogen-bond acceptors (Lipinski definition) is 1. The molecule has 0 N–H and O–H groups in total. The highest BCUT2D eigenvalue weighted by atomic mass is 28.3. The molecule has 2 heteroatoms. The van der Waals surface area contributed by atoms with Crippen molar-refractivity contribution in [2.45, 2.75) is 31.6 Å². The van der Waals surface area contributed by atoms with Gasteiger partial charge in [-0.15, -0.1) is 0 Å². The van der Waals surface area contributed by atoms with Gasteiger partial charge in [-0.2, -0.15) is 0 Å². The van der Waals surface area contributed by atoms with Crippen LogP contribution in [0.2, 0.25) is 25.7 Å². The highest BCUT2D eigenvalue weighted by molar-refractivity contribution is 6.76. The maximum absolute atomic E-state index is 11.0. The first kappa shape index (κ1) is 11.2. The van der Waals surface area contributed by atoms with Gasteiger partial charge in [0.2, 0.25) is 0 Å². The third-order valence-electron chi connectivity index (χ3n) is 2.22. The molecule has 1 aromatic carbocycles. The number of carbonyl (C=O) groups is 1. The van der Waals surface area contributed by atoms with E-state index in [9.17, 15) is 4.79 Å². The summed E-state index contributed by atoms with van der Waals surface area (Å²) in [5.41, 5.74) is 1.16. The summed E-state index contributed by atoms with van der Waals surface area (Å²) < 4.78 is 0. The van der Waals surface area contributed by atoms with Gasteiger partial charge in [0.25, 0.3) is 0 Å². The number of hydrogen-bond donors (Lipinski definition) is 0. The van der Waals surface area contributed by atoms with Crippen molar-refractivity contribution in [3.63, 3.8) is 0 Å². The summed E-state index contributed by atoms with van der Waals surface area (Å²) in [6.45, 7) is 6.89. The molecule has 0 aromatic heterocycles. The van der Waals surface area contributed by atoms with Crippen LogP contribution in [0.1, 0.15) is 11.5 Å². The molecular formula is C12H18OSi. The Labute approximate surface area is 87.2 Å². The summed E-state index contributed by atoms with van der Waals surface area (Å²) in [5.74, 6) is 0.0999. The lowest BCUT2D eigenvalue weighted by molar-refractivity contribution is -0.108. The predicted molar refractivity (Wildman–Crippen MR) is 63.4 cm³/mol. The zero-order valence-corrected chi connectivity index (χ0v) is 10.2. The van der Waals surface area contributed by atoms with Crippen molar-refractivity contribution in [2.24, 2.45) is 0 Å². The average molecular weight is 206 g/mol. The second-order valence-corrected chi connectivity index (χ2v) is 10.4. The van der Waals surface area contributed by atoms with Crippen molar-refractivity contribution < 1.29 is 4.79 Å². The SMILES string of the molecule is C[Si](C)(C)CC(C=O)c1ccccc1. The first-order valence-corrected chi connectivity index (χ1v) is 8.74. The Morgan fingerprint density at radius 2 is 1.79 bits per heavy atom. The number of aldehydes is 1. The summed E-state index contributed by atoms with van der Waals surface area (Å²) >= 11 is 0. The monoisotopic (exact) mass is 206 g/mol. The van der Waals surface area contributed by atoms with Crippen LogP contribution in [0.5, 0.6) is 0 Å². The van der Waals surface area contributed by atoms with E-state index in [1.54, 1.807) is 0 Å². The molecule has 1 rings (SSSR count). The third kappa shape index (κ3) is 3.46. The minimum absolute atomic E-state index is 0.0999. The molecule has 0 saturated carbocycles. The first-order chi connectivity index (χ1) is 6.53. The topological polar surface area (TPSA) is 17.1 Å². The smallest absolute Gasteiger partial charge is 0.127 e. The fourth-order valence-corrected chi connectivity index (χ4v) is 3.26. The molecule has 0 bridgehead atoms. The van der Waals surface area contributed by atoms with E-state index in [1.165, 1.54) is 0 Å². The van der Waals surface area contributed by atoms with E-state index in [2.05, 4.69) is 19.6 Å². The Bertz CT molecular complexity index is 287. The van der Waals surface area contributed by atoms with Crippen LogP contribution < -0.4 is 0 Å². The zero-order chi connectivity index (χ0) is 10.6. The highest BCUT2D eigenvalue weighted by Gasteiger charge is 2.20. The van der Waals surface area contributed by atoms with E-state index in [4.69, 9.17) is 0 Å². The van der Waals surface area contributed by atoms with E-state index in [1.807, 2.05) is 30.3 Å². The molecule has 0 fully saturated rings. The quantitative estimate of drug-likeness (QED) is 0.545. The number of rotatable bonds is 4. The minimum atomic E-state index is -1.16. The fraction of sp³-hybridized carbons (Fsp3) is 0.417. The summed E-state index contributed by atoms with van der Waals surface area (Å²) in [5, 5.41) is 0. The second-order valence-electron chi connectivity index (χ2n) is 4.92. The molecule has 1 unspecified atom stereocenters. The molecule has 1 aromatic rings. The van der Waals surface area contributed by atoms with Gasteiger partial charge < -0.3 is 4.79 Å². The summed E-state index contributed by atoms with van der Waals surface area (Å²) in [7, 11) is -1.16. The molecule has 1 nitrogen and oxygen atoms in total. The molecule has 0 heterocycles. The zero-order valence-electron chi connectivity index (χ0n) is 9.16. The van der Waals surface area contributed by atoms with Crippen molar-refractivity contribution >= 4 is 14.4 Å². The van der Waals surface area contributed by atoms with Gasteiger partial charge >= 0.3 is 0 Å². The van der Waals surface area contributed by atoms with Gasteiger partial charge in [0.05, 0.1) is 0 Å². The van der Waals surface area contributed by atoms with Gasteiger partial charge in [-0.05, 0) is 11.6 Å².